The van der Waals surface area contributed by atoms with Gasteiger partial charge in [0.1, 0.15) is 23.3 Å². The van der Waals surface area contributed by atoms with Gasteiger partial charge in [0.15, 0.2) is 11.4 Å². The number of pyridine rings is 2. The lowest BCUT2D eigenvalue weighted by Gasteiger charge is -2.31. The normalized spacial score (nSPS) is 13.0. The number of carbonyl (C=O) groups is 2. The van der Waals surface area contributed by atoms with Crippen LogP contribution in [0.25, 0.3) is 0 Å². The second-order valence-corrected chi connectivity index (χ2v) is 22.1. The van der Waals surface area contributed by atoms with Crippen LogP contribution in [0, 0.1) is 60.2 Å². The molecule has 0 aliphatic carbocycles. The molecule has 0 aliphatic heterocycles. The Balaban J connectivity index is 1.46. The lowest BCUT2D eigenvalue weighted by atomic mass is 9.95. The molecule has 2 aromatic carbocycles. The number of hydrogen-bond donors (Lipinski definition) is 2. The van der Waals surface area contributed by atoms with Crippen LogP contribution < -0.4 is 11.1 Å². The van der Waals surface area contributed by atoms with E-state index in [0.717, 1.165) is 105 Å². The summed E-state index contributed by atoms with van der Waals surface area (Å²) in [4.78, 5) is 59.2. The van der Waals surface area contributed by atoms with Crippen molar-refractivity contribution in [3.05, 3.63) is 103 Å². The van der Waals surface area contributed by atoms with Gasteiger partial charge in [0.05, 0.1) is 11.4 Å². The number of aromatic hydroxyl groups is 2. The van der Waals surface area contributed by atoms with E-state index in [4.69, 9.17) is 0 Å². The molecule has 4 rings (SSSR count). The first-order valence-electron chi connectivity index (χ1n) is 30.4. The monoisotopic (exact) mass is 1110 g/mol. The maximum atomic E-state index is 14.1. The lowest BCUT2D eigenvalue weighted by molar-refractivity contribution is 0.0678. The summed E-state index contributed by atoms with van der Waals surface area (Å²) in [6.45, 7) is 23.6. The highest BCUT2D eigenvalue weighted by molar-refractivity contribution is 5.95. The van der Waals surface area contributed by atoms with Gasteiger partial charge in [-0.15, -0.1) is 10.2 Å². The van der Waals surface area contributed by atoms with Gasteiger partial charge in [-0.1, -0.05) is 139 Å². The molecule has 2 amide bonds. The molecule has 0 saturated heterocycles. The Morgan fingerprint density at radius 1 is 0.481 bits per heavy atom. The van der Waals surface area contributed by atoms with Crippen LogP contribution >= 0.6 is 0 Å². The molecular formula is C65H94N10O6. The van der Waals surface area contributed by atoms with Crippen molar-refractivity contribution in [3.8, 4) is 23.9 Å². The standard InChI is InChI=1S/C65H94N10O6/c1-11-19-27-49(16-6)43-72(42-48(15-5)26-14-4)60(76)52-30-34-54(35-31-52)68-70-58-46(9)56(40-66)62(78)74(64(58)80)38-24-22-23-25-39-75-63(79)57(41-67)47(10)59(65(75)81)71-69-55-36-32-53(33-37-55)61(77)73(44-50(17-7)28-20-12-2)45-51(18-8)29-21-13-3/h30-37,48-51,80-81H,11-29,38-39,42-45H2,1-10H3/b70-68+,71-69+. The van der Waals surface area contributed by atoms with E-state index >= 15 is 0 Å². The van der Waals surface area contributed by atoms with Gasteiger partial charge in [-0.2, -0.15) is 20.8 Å². The Hall–Kier alpha value is -6.94. The molecule has 440 valence electrons. The summed E-state index contributed by atoms with van der Waals surface area (Å²) in [5.41, 5.74) is 0.672. The first kappa shape index (κ1) is 66.6. The van der Waals surface area contributed by atoms with Gasteiger partial charge in [0.2, 0.25) is 11.8 Å². The Bertz CT molecular complexity index is 2880. The number of benzene rings is 2. The third kappa shape index (κ3) is 19.1. The third-order valence-electron chi connectivity index (χ3n) is 16.2. The van der Waals surface area contributed by atoms with Gasteiger partial charge in [0, 0.05) is 61.5 Å². The van der Waals surface area contributed by atoms with Crippen LogP contribution in [0.2, 0.25) is 0 Å². The average molecular weight is 1110 g/mol. The number of azo groups is 2. The fourth-order valence-electron chi connectivity index (χ4n) is 10.7. The van der Waals surface area contributed by atoms with Crippen LogP contribution in [-0.2, 0) is 13.1 Å². The second-order valence-electron chi connectivity index (χ2n) is 22.1. The van der Waals surface area contributed by atoms with Crippen molar-refractivity contribution in [1.82, 2.24) is 18.9 Å². The second kappa shape index (κ2) is 35.0. The Morgan fingerprint density at radius 2 is 0.802 bits per heavy atom. The summed E-state index contributed by atoms with van der Waals surface area (Å²) in [6, 6.07) is 17.7. The topological polar surface area (TPSA) is 222 Å². The molecule has 2 aromatic heterocycles. The summed E-state index contributed by atoms with van der Waals surface area (Å²) in [5.74, 6) is 0.823. The van der Waals surface area contributed by atoms with Gasteiger partial charge in [-0.05, 0) is 125 Å². The zero-order valence-electron chi connectivity index (χ0n) is 50.6. The number of amides is 2. The van der Waals surface area contributed by atoms with Crippen LogP contribution in [-0.4, -0.2) is 67.1 Å². The average Bonchev–Trinajstić information content (AvgIpc) is 3.47. The Labute approximate surface area is 483 Å². The van der Waals surface area contributed by atoms with E-state index in [-0.39, 0.29) is 58.5 Å². The lowest BCUT2D eigenvalue weighted by Crippen LogP contribution is -2.39. The van der Waals surface area contributed by atoms with E-state index in [9.17, 15) is 39.9 Å². The molecule has 16 heteroatoms. The van der Waals surface area contributed by atoms with Crippen LogP contribution in [0.3, 0.4) is 0 Å². The van der Waals surface area contributed by atoms with Gasteiger partial charge in [0.25, 0.3) is 22.9 Å². The summed E-state index contributed by atoms with van der Waals surface area (Å²) in [6.07, 6.45) is 18.1. The van der Waals surface area contributed by atoms with E-state index in [1.54, 1.807) is 55.5 Å². The smallest absolute Gasteiger partial charge is 0.271 e. The summed E-state index contributed by atoms with van der Waals surface area (Å²) < 4.78 is 2.23. The molecule has 0 radical (unpaired) electrons. The summed E-state index contributed by atoms with van der Waals surface area (Å²) in [5, 5.41) is 60.3. The van der Waals surface area contributed by atoms with E-state index in [0.29, 0.717) is 98.0 Å². The number of rotatable bonds is 36. The minimum Gasteiger partial charge on any atom is -0.493 e. The maximum Gasteiger partial charge on any atom is 0.271 e. The van der Waals surface area contributed by atoms with Crippen LogP contribution in [0.5, 0.6) is 11.8 Å². The SMILES string of the molecule is CCCCC(CC)CN(CC(CC)CCC)C(=O)c1ccc(/N=N/c2c(C)c(C#N)c(=O)n(CCCCCCn3c(O)c(/N=N/c4ccc(C(=O)N(CC(CC)CCCC)CC(CC)CCCC)cc4)c(C)c(C#N)c3=O)c2O)cc1. The number of hydrogen-bond acceptors (Lipinski definition) is 12. The summed E-state index contributed by atoms with van der Waals surface area (Å²) >= 11 is 0. The predicted octanol–water partition coefficient (Wildman–Crippen LogP) is 16.2. The fraction of sp³-hybridized carbons (Fsp3) is 0.600. The van der Waals surface area contributed by atoms with Crippen molar-refractivity contribution < 1.29 is 19.8 Å². The quantitative estimate of drug-likeness (QED) is 0.0328. The highest BCUT2D eigenvalue weighted by Gasteiger charge is 2.26. The Kier molecular flexibility index (Phi) is 28.8. The number of unbranched alkanes of at least 4 members (excludes halogenated alkanes) is 6. The number of aromatic nitrogens is 2. The van der Waals surface area contributed by atoms with Crippen molar-refractivity contribution in [2.75, 3.05) is 26.2 Å². The summed E-state index contributed by atoms with van der Waals surface area (Å²) in [7, 11) is 0. The van der Waals surface area contributed by atoms with Crippen molar-refractivity contribution in [3.63, 3.8) is 0 Å². The zero-order chi connectivity index (χ0) is 59.4. The highest BCUT2D eigenvalue weighted by Crippen LogP contribution is 2.35. The molecule has 2 heterocycles. The molecule has 81 heavy (non-hydrogen) atoms. The molecule has 0 aliphatic rings. The van der Waals surface area contributed by atoms with Crippen LogP contribution in [0.4, 0.5) is 22.7 Å². The van der Waals surface area contributed by atoms with E-state index in [1.165, 1.54) is 6.92 Å². The minimum atomic E-state index is -0.655. The molecule has 16 nitrogen and oxygen atoms in total. The molecule has 4 atom stereocenters. The molecule has 2 N–H and O–H groups in total. The van der Waals surface area contributed by atoms with Crippen molar-refractivity contribution in [2.24, 2.45) is 44.1 Å². The molecule has 0 saturated carbocycles. The molecule has 4 aromatic rings. The first-order chi connectivity index (χ1) is 39.1. The maximum absolute atomic E-state index is 14.1. The van der Waals surface area contributed by atoms with Gasteiger partial charge in [-0.3, -0.25) is 28.3 Å². The Morgan fingerprint density at radius 3 is 1.09 bits per heavy atom. The van der Waals surface area contributed by atoms with Gasteiger partial charge in [-0.25, -0.2) is 0 Å². The molecular weight excluding hydrogens is 1020 g/mol. The minimum absolute atomic E-state index is 0.0117. The van der Waals surface area contributed by atoms with Crippen molar-refractivity contribution >= 4 is 34.6 Å². The predicted molar refractivity (Wildman–Crippen MR) is 324 cm³/mol. The highest BCUT2D eigenvalue weighted by atomic mass is 16.3. The van der Waals surface area contributed by atoms with E-state index < -0.39 is 22.9 Å². The zero-order valence-corrected chi connectivity index (χ0v) is 50.6. The number of nitrogens with zero attached hydrogens (tertiary/aromatic N) is 10. The van der Waals surface area contributed by atoms with Gasteiger partial charge >= 0.3 is 0 Å². The van der Waals surface area contributed by atoms with Gasteiger partial charge < -0.3 is 20.0 Å². The van der Waals surface area contributed by atoms with Crippen molar-refractivity contribution in [1.29, 1.82) is 10.5 Å². The van der Waals surface area contributed by atoms with E-state index in [1.807, 2.05) is 21.9 Å². The molecule has 4 unspecified atom stereocenters. The first-order valence-corrected chi connectivity index (χ1v) is 30.4. The molecule has 0 fully saturated rings. The third-order valence-corrected chi connectivity index (χ3v) is 16.2. The largest absolute Gasteiger partial charge is 0.493 e. The van der Waals surface area contributed by atoms with Crippen LogP contribution in [0.1, 0.15) is 220 Å². The fourth-order valence-corrected chi connectivity index (χ4v) is 10.7. The van der Waals surface area contributed by atoms with Crippen molar-refractivity contribution in [2.45, 2.75) is 204 Å². The molecule has 0 bridgehead atoms. The van der Waals surface area contributed by atoms with E-state index in [2.05, 4.69) is 75.8 Å². The van der Waals surface area contributed by atoms with Crippen LogP contribution in [0.15, 0.2) is 78.6 Å². The number of nitriles is 2. The molecule has 0 spiro atoms. The number of carbonyl (C=O) groups excluding carboxylic acids is 2.